The number of benzene rings is 1. The minimum absolute atomic E-state index is 0.0756. The van der Waals surface area contributed by atoms with Crippen LogP contribution in [-0.2, 0) is 4.79 Å². The van der Waals surface area contributed by atoms with E-state index in [-0.39, 0.29) is 5.57 Å². The second kappa shape index (κ2) is 10.2. The third-order valence-corrected chi connectivity index (χ3v) is 3.34. The average Bonchev–Trinajstić information content (AvgIpc) is 2.59. The number of carbonyl (C=O) groups is 1. The van der Waals surface area contributed by atoms with Gasteiger partial charge in [-0.3, -0.25) is 4.79 Å². The molecule has 6 heteroatoms. The van der Waals surface area contributed by atoms with Crippen LogP contribution < -0.4 is 14.8 Å². The van der Waals surface area contributed by atoms with Gasteiger partial charge in [-0.1, -0.05) is 13.8 Å². The van der Waals surface area contributed by atoms with Crippen LogP contribution in [0, 0.1) is 11.3 Å². The van der Waals surface area contributed by atoms with Crippen LogP contribution in [0.1, 0.15) is 26.7 Å². The highest BCUT2D eigenvalue weighted by Gasteiger charge is 2.13. The highest BCUT2D eigenvalue weighted by atomic mass is 16.5. The van der Waals surface area contributed by atoms with Crippen molar-refractivity contribution in [1.29, 1.82) is 5.26 Å². The van der Waals surface area contributed by atoms with E-state index >= 15 is 0 Å². The number of anilines is 1. The molecule has 0 bridgehead atoms. The molecule has 0 aliphatic rings. The number of amides is 1. The van der Waals surface area contributed by atoms with Crippen molar-refractivity contribution in [3.8, 4) is 17.6 Å². The maximum Gasteiger partial charge on any atom is 0.267 e. The van der Waals surface area contributed by atoms with Crippen molar-refractivity contribution in [2.24, 2.45) is 0 Å². The highest BCUT2D eigenvalue weighted by Crippen LogP contribution is 2.29. The second-order valence-electron chi connectivity index (χ2n) is 5.21. The van der Waals surface area contributed by atoms with Gasteiger partial charge >= 0.3 is 0 Å². The molecule has 0 unspecified atom stereocenters. The van der Waals surface area contributed by atoms with Crippen LogP contribution in [-0.4, -0.2) is 38.1 Å². The van der Waals surface area contributed by atoms with E-state index in [4.69, 9.17) is 9.47 Å². The van der Waals surface area contributed by atoms with E-state index in [1.54, 1.807) is 31.5 Å². The molecular weight excluding hydrogens is 306 g/mol. The maximum absolute atomic E-state index is 12.3. The molecule has 0 aliphatic carbocycles. The van der Waals surface area contributed by atoms with Gasteiger partial charge in [0.1, 0.15) is 11.6 Å². The minimum atomic E-state index is -0.443. The van der Waals surface area contributed by atoms with E-state index < -0.39 is 5.91 Å². The summed E-state index contributed by atoms with van der Waals surface area (Å²) in [6.45, 7) is 5.74. The van der Waals surface area contributed by atoms with Crippen LogP contribution in [0.2, 0.25) is 0 Å². The molecule has 0 heterocycles. The third-order valence-electron chi connectivity index (χ3n) is 3.34. The van der Waals surface area contributed by atoms with Crippen LogP contribution in [0.15, 0.2) is 30.0 Å². The summed E-state index contributed by atoms with van der Waals surface area (Å²) in [6.07, 6.45) is 3.53. The van der Waals surface area contributed by atoms with Crippen molar-refractivity contribution >= 4 is 11.6 Å². The summed E-state index contributed by atoms with van der Waals surface area (Å²) in [5, 5.41) is 12.0. The number of rotatable bonds is 9. The first-order chi connectivity index (χ1) is 11.6. The fraction of sp³-hybridized carbons (Fsp3) is 0.444. The summed E-state index contributed by atoms with van der Waals surface area (Å²) in [5.41, 5.74) is 0.614. The molecule has 0 spiro atoms. The largest absolute Gasteiger partial charge is 0.493 e. The Balaban J connectivity index is 2.93. The monoisotopic (exact) mass is 331 g/mol. The summed E-state index contributed by atoms with van der Waals surface area (Å²) in [4.78, 5) is 14.3. The van der Waals surface area contributed by atoms with Crippen molar-refractivity contribution in [1.82, 2.24) is 4.90 Å². The fourth-order valence-electron chi connectivity index (χ4n) is 2.25. The predicted molar refractivity (Wildman–Crippen MR) is 94.0 cm³/mol. The summed E-state index contributed by atoms with van der Waals surface area (Å²) in [7, 11) is 3.07. The summed E-state index contributed by atoms with van der Waals surface area (Å²) < 4.78 is 10.4. The molecular formula is C18H25N3O3. The molecule has 1 N–H and O–H groups in total. The van der Waals surface area contributed by atoms with Crippen LogP contribution in [0.25, 0.3) is 0 Å². The Kier molecular flexibility index (Phi) is 8.20. The van der Waals surface area contributed by atoms with Crippen LogP contribution in [0.4, 0.5) is 5.69 Å². The normalized spacial score (nSPS) is 10.7. The fourth-order valence-corrected chi connectivity index (χ4v) is 2.25. The standard InChI is InChI=1S/C18H25N3O3/c1-5-9-21(10-6-2)13-14(12-19)18(22)20-15-7-8-16(23-3)17(11-15)24-4/h7-8,11,13H,5-6,9-10H2,1-4H3,(H,20,22)/b14-13-. The molecule has 0 saturated heterocycles. The van der Waals surface area contributed by atoms with E-state index in [1.165, 1.54) is 7.11 Å². The van der Waals surface area contributed by atoms with Crippen molar-refractivity contribution < 1.29 is 14.3 Å². The first kappa shape index (κ1) is 19.4. The molecule has 0 aliphatic heterocycles. The van der Waals surface area contributed by atoms with Gasteiger partial charge in [0.15, 0.2) is 11.5 Å². The lowest BCUT2D eigenvalue weighted by molar-refractivity contribution is -0.112. The number of ether oxygens (including phenoxy) is 2. The van der Waals surface area contributed by atoms with Gasteiger partial charge < -0.3 is 19.7 Å². The van der Waals surface area contributed by atoms with Crippen molar-refractivity contribution in [2.45, 2.75) is 26.7 Å². The van der Waals surface area contributed by atoms with E-state index in [1.807, 2.05) is 11.0 Å². The molecule has 6 nitrogen and oxygen atoms in total. The Labute approximate surface area is 143 Å². The van der Waals surface area contributed by atoms with Gasteiger partial charge in [-0.15, -0.1) is 0 Å². The topological polar surface area (TPSA) is 74.6 Å². The molecule has 1 aromatic carbocycles. The number of nitrogens with one attached hydrogen (secondary N) is 1. The molecule has 0 radical (unpaired) electrons. The van der Waals surface area contributed by atoms with Gasteiger partial charge in [-0.05, 0) is 25.0 Å². The summed E-state index contributed by atoms with van der Waals surface area (Å²) in [6, 6.07) is 7.02. The van der Waals surface area contributed by atoms with Crippen LogP contribution in [0.3, 0.4) is 0 Å². The SMILES string of the molecule is CCCN(/C=C(/C#N)C(=O)Nc1ccc(OC)c(OC)c1)CCC. The highest BCUT2D eigenvalue weighted by molar-refractivity contribution is 6.06. The zero-order valence-electron chi connectivity index (χ0n) is 14.8. The van der Waals surface area contributed by atoms with E-state index in [0.29, 0.717) is 17.2 Å². The third kappa shape index (κ3) is 5.51. The molecule has 1 aromatic rings. The number of nitrogens with zero attached hydrogens (tertiary/aromatic N) is 2. The molecule has 24 heavy (non-hydrogen) atoms. The molecule has 0 atom stereocenters. The molecule has 1 rings (SSSR count). The maximum atomic E-state index is 12.3. The van der Waals surface area contributed by atoms with Crippen LogP contribution in [0.5, 0.6) is 11.5 Å². The Morgan fingerprint density at radius 1 is 1.21 bits per heavy atom. The van der Waals surface area contributed by atoms with E-state index in [2.05, 4.69) is 19.2 Å². The van der Waals surface area contributed by atoms with Crippen molar-refractivity contribution in [3.05, 3.63) is 30.0 Å². The number of hydrogen-bond donors (Lipinski definition) is 1. The van der Waals surface area contributed by atoms with Crippen LogP contribution >= 0.6 is 0 Å². The lowest BCUT2D eigenvalue weighted by Crippen LogP contribution is -2.22. The van der Waals surface area contributed by atoms with Crippen molar-refractivity contribution in [3.63, 3.8) is 0 Å². The Hall–Kier alpha value is -2.68. The smallest absolute Gasteiger partial charge is 0.267 e. The van der Waals surface area contributed by atoms with Gasteiger partial charge in [0.05, 0.1) is 14.2 Å². The van der Waals surface area contributed by atoms with E-state index in [9.17, 15) is 10.1 Å². The lowest BCUT2D eigenvalue weighted by atomic mass is 10.2. The second-order valence-corrected chi connectivity index (χ2v) is 5.21. The number of carbonyl (C=O) groups excluding carboxylic acids is 1. The summed E-state index contributed by atoms with van der Waals surface area (Å²) in [5.74, 6) is 0.641. The predicted octanol–water partition coefficient (Wildman–Crippen LogP) is 3.17. The molecule has 0 aromatic heterocycles. The first-order valence-corrected chi connectivity index (χ1v) is 7.98. The zero-order valence-corrected chi connectivity index (χ0v) is 14.8. The minimum Gasteiger partial charge on any atom is -0.493 e. The first-order valence-electron chi connectivity index (χ1n) is 7.98. The quantitative estimate of drug-likeness (QED) is 0.556. The Bertz CT molecular complexity index is 614. The number of hydrogen-bond acceptors (Lipinski definition) is 5. The molecule has 0 fully saturated rings. The number of methoxy groups -OCH3 is 2. The van der Waals surface area contributed by atoms with Gasteiger partial charge in [0, 0.05) is 31.0 Å². The van der Waals surface area contributed by atoms with Gasteiger partial charge in [0.2, 0.25) is 0 Å². The van der Waals surface area contributed by atoms with E-state index in [0.717, 1.165) is 25.9 Å². The summed E-state index contributed by atoms with van der Waals surface area (Å²) >= 11 is 0. The molecule has 130 valence electrons. The average molecular weight is 331 g/mol. The molecule has 1 amide bonds. The van der Waals surface area contributed by atoms with Crippen molar-refractivity contribution in [2.75, 3.05) is 32.6 Å². The lowest BCUT2D eigenvalue weighted by Gasteiger charge is -2.19. The Morgan fingerprint density at radius 2 is 1.83 bits per heavy atom. The zero-order chi connectivity index (χ0) is 17.9. The van der Waals surface area contributed by atoms with Gasteiger partial charge in [-0.2, -0.15) is 5.26 Å². The molecule has 0 saturated carbocycles. The van der Waals surface area contributed by atoms with Gasteiger partial charge in [0.25, 0.3) is 5.91 Å². The number of nitriles is 1. The Morgan fingerprint density at radius 3 is 2.33 bits per heavy atom. The van der Waals surface area contributed by atoms with Gasteiger partial charge in [-0.25, -0.2) is 0 Å².